The molecule has 3 aliphatic rings. The Morgan fingerprint density at radius 2 is 2.00 bits per heavy atom. The fourth-order valence-corrected chi connectivity index (χ4v) is 6.82. The zero-order valence-corrected chi connectivity index (χ0v) is 25.6. The molecule has 2 fully saturated rings. The molecule has 0 radical (unpaired) electrons. The summed E-state index contributed by atoms with van der Waals surface area (Å²) in [5.41, 5.74) is 1.17. The van der Waals surface area contributed by atoms with Gasteiger partial charge in [0, 0.05) is 54.5 Å². The first kappa shape index (κ1) is 29.8. The number of nitrogens with one attached hydrogen (secondary N) is 1. The van der Waals surface area contributed by atoms with Crippen molar-refractivity contribution in [3.8, 4) is 0 Å². The van der Waals surface area contributed by atoms with Gasteiger partial charge in [0.1, 0.15) is 17.7 Å². The van der Waals surface area contributed by atoms with E-state index in [0.717, 1.165) is 6.07 Å². The first-order chi connectivity index (χ1) is 21.1. The molecule has 2 amide bonds. The third-order valence-corrected chi connectivity index (χ3v) is 9.19. The number of anilines is 1. The van der Waals surface area contributed by atoms with Gasteiger partial charge in [-0.2, -0.15) is 0 Å². The average molecular weight is 688 g/mol. The van der Waals surface area contributed by atoms with Gasteiger partial charge in [0.05, 0.1) is 30.0 Å². The second-order valence-electron chi connectivity index (χ2n) is 10.3. The molecule has 2 atom stereocenters. The number of aromatic carboxylic acids is 1. The molecule has 2 N–H and O–H groups in total. The highest BCUT2D eigenvalue weighted by Crippen LogP contribution is 2.37. The summed E-state index contributed by atoms with van der Waals surface area (Å²) in [5.74, 6) is -2.65. The Kier molecular flexibility index (Phi) is 8.18. The van der Waals surface area contributed by atoms with Crippen LogP contribution < -0.4 is 10.2 Å². The maximum atomic E-state index is 14.8. The SMILES string of the molecule is COC(=O)C1=C(CN2CCN3C(=O)N(c4ccc(C(=O)O)cc4F)C[C@@H]3C2)NC(c2nccs2)=N[C@H]1c1ccc(F)cc1Br. The van der Waals surface area contributed by atoms with E-state index < -0.39 is 29.6 Å². The fraction of sp³-hybridized carbons (Fsp3) is 0.276. The number of aromatic nitrogens is 1. The summed E-state index contributed by atoms with van der Waals surface area (Å²) in [5, 5.41) is 14.9. The predicted molar refractivity (Wildman–Crippen MR) is 161 cm³/mol. The maximum Gasteiger partial charge on any atom is 0.338 e. The van der Waals surface area contributed by atoms with Gasteiger partial charge in [-0.25, -0.2) is 28.1 Å². The van der Waals surface area contributed by atoms with Gasteiger partial charge in [0.15, 0.2) is 10.8 Å². The molecule has 2 aromatic carbocycles. The van der Waals surface area contributed by atoms with Crippen molar-refractivity contribution in [1.29, 1.82) is 0 Å². The van der Waals surface area contributed by atoms with E-state index >= 15 is 0 Å². The first-order valence-electron chi connectivity index (χ1n) is 13.5. The van der Waals surface area contributed by atoms with E-state index in [9.17, 15) is 23.2 Å². The molecule has 0 spiro atoms. The Morgan fingerprint density at radius 3 is 2.68 bits per heavy atom. The first-order valence-corrected chi connectivity index (χ1v) is 15.2. The standard InChI is InChI=1S/C29H25BrF2N6O5S/c1-43-28(41)23-21(34-25(26-33-6-9-44-26)35-24(23)18-4-3-16(31)11-19(18)30)14-36-7-8-37-17(12-36)13-38(29(37)42)22-5-2-15(27(39)40)10-20(22)32/h2-6,9-11,17,24H,7-8,12-14H2,1H3,(H,34,35)(H,39,40)/t17-,24-/m0/s1. The Balaban J connectivity index is 1.29. The third-order valence-electron chi connectivity index (χ3n) is 7.73. The van der Waals surface area contributed by atoms with Crippen LogP contribution >= 0.6 is 27.3 Å². The molecule has 0 saturated carbocycles. The van der Waals surface area contributed by atoms with Crippen molar-refractivity contribution in [3.05, 3.63) is 91.5 Å². The van der Waals surface area contributed by atoms with E-state index in [4.69, 9.17) is 14.8 Å². The number of methoxy groups -OCH3 is 1. The number of urea groups is 1. The van der Waals surface area contributed by atoms with Crippen molar-refractivity contribution in [2.75, 3.05) is 44.7 Å². The summed E-state index contributed by atoms with van der Waals surface area (Å²) >= 11 is 4.79. The van der Waals surface area contributed by atoms with Crippen molar-refractivity contribution in [2.45, 2.75) is 12.1 Å². The fourth-order valence-electron chi connectivity index (χ4n) is 5.67. The molecule has 2 saturated heterocycles. The number of carbonyl (C=O) groups excluding carboxylic acids is 2. The number of halogens is 3. The van der Waals surface area contributed by atoms with E-state index in [1.807, 2.05) is 5.38 Å². The number of piperazine rings is 1. The highest BCUT2D eigenvalue weighted by atomic mass is 79.9. The van der Waals surface area contributed by atoms with Crippen LogP contribution in [0.15, 0.2) is 68.7 Å². The number of amides is 2. The van der Waals surface area contributed by atoms with Crippen LogP contribution in [0.25, 0.3) is 0 Å². The Bertz CT molecular complexity index is 1720. The van der Waals surface area contributed by atoms with Crippen LogP contribution in [0.5, 0.6) is 0 Å². The summed E-state index contributed by atoms with van der Waals surface area (Å²) in [4.78, 5) is 52.0. The highest BCUT2D eigenvalue weighted by molar-refractivity contribution is 9.10. The molecule has 228 valence electrons. The minimum absolute atomic E-state index is 0.0163. The number of carbonyl (C=O) groups is 3. The molecule has 11 nitrogen and oxygen atoms in total. The predicted octanol–water partition coefficient (Wildman–Crippen LogP) is 4.03. The molecule has 0 bridgehead atoms. The van der Waals surface area contributed by atoms with Crippen molar-refractivity contribution >= 4 is 56.8 Å². The molecule has 3 aromatic rings. The normalized spacial score (nSPS) is 20.4. The summed E-state index contributed by atoms with van der Waals surface area (Å²) in [6.45, 7) is 1.71. The van der Waals surface area contributed by atoms with Gasteiger partial charge in [0.25, 0.3) is 0 Å². The lowest BCUT2D eigenvalue weighted by Gasteiger charge is -2.38. The molecule has 0 unspecified atom stereocenters. The lowest BCUT2D eigenvalue weighted by molar-refractivity contribution is -0.136. The zero-order chi connectivity index (χ0) is 31.1. The molecule has 6 rings (SSSR count). The van der Waals surface area contributed by atoms with Gasteiger partial charge in [-0.1, -0.05) is 22.0 Å². The molecule has 4 heterocycles. The summed E-state index contributed by atoms with van der Waals surface area (Å²) < 4.78 is 34.5. The van der Waals surface area contributed by atoms with E-state index in [1.54, 1.807) is 17.2 Å². The van der Waals surface area contributed by atoms with Crippen molar-refractivity contribution in [2.24, 2.45) is 4.99 Å². The maximum absolute atomic E-state index is 14.8. The molecule has 44 heavy (non-hydrogen) atoms. The molecule has 3 aliphatic heterocycles. The van der Waals surface area contributed by atoms with Crippen molar-refractivity contribution < 1.29 is 33.0 Å². The number of nitrogens with zero attached hydrogens (tertiary/aromatic N) is 5. The van der Waals surface area contributed by atoms with Gasteiger partial charge in [-0.05, 0) is 35.9 Å². The Hall–Kier alpha value is -4.21. The van der Waals surface area contributed by atoms with E-state index in [0.29, 0.717) is 46.2 Å². The van der Waals surface area contributed by atoms with E-state index in [-0.39, 0.29) is 42.0 Å². The third kappa shape index (κ3) is 5.57. The lowest BCUT2D eigenvalue weighted by Crippen LogP contribution is -2.53. The van der Waals surface area contributed by atoms with Gasteiger partial charge in [-0.3, -0.25) is 14.8 Å². The van der Waals surface area contributed by atoms with Crippen molar-refractivity contribution in [1.82, 2.24) is 20.1 Å². The minimum Gasteiger partial charge on any atom is -0.478 e. The van der Waals surface area contributed by atoms with Gasteiger partial charge < -0.3 is 20.1 Å². The number of esters is 1. The number of benzene rings is 2. The van der Waals surface area contributed by atoms with Crippen LogP contribution in [-0.4, -0.2) is 89.6 Å². The number of rotatable bonds is 7. The molecule has 1 aromatic heterocycles. The van der Waals surface area contributed by atoms with Crippen LogP contribution in [0.2, 0.25) is 0 Å². The van der Waals surface area contributed by atoms with Crippen LogP contribution in [0.4, 0.5) is 19.3 Å². The number of thiazole rings is 1. The smallest absolute Gasteiger partial charge is 0.338 e. The highest BCUT2D eigenvalue weighted by Gasteiger charge is 2.43. The van der Waals surface area contributed by atoms with Crippen LogP contribution in [0.3, 0.4) is 0 Å². The molecular weight excluding hydrogens is 662 g/mol. The largest absolute Gasteiger partial charge is 0.478 e. The van der Waals surface area contributed by atoms with Crippen molar-refractivity contribution in [3.63, 3.8) is 0 Å². The van der Waals surface area contributed by atoms with Crippen LogP contribution in [0.1, 0.15) is 27.0 Å². The number of amidine groups is 1. The quantitative estimate of drug-likeness (QED) is 0.357. The Labute approximate surface area is 262 Å². The van der Waals surface area contributed by atoms with E-state index in [1.165, 1.54) is 47.6 Å². The minimum atomic E-state index is -1.26. The van der Waals surface area contributed by atoms with Gasteiger partial charge in [0.2, 0.25) is 0 Å². The number of carboxylic acids is 1. The van der Waals surface area contributed by atoms with Crippen LogP contribution in [-0.2, 0) is 9.53 Å². The topological polar surface area (TPSA) is 128 Å². The second kappa shape index (κ2) is 12.1. The summed E-state index contributed by atoms with van der Waals surface area (Å²) in [6, 6.07) is 6.19. The number of ether oxygens (including phenoxy) is 1. The zero-order valence-electron chi connectivity index (χ0n) is 23.2. The monoisotopic (exact) mass is 686 g/mol. The number of fused-ring (bicyclic) bond motifs is 1. The van der Waals surface area contributed by atoms with Gasteiger partial charge >= 0.3 is 18.0 Å². The molecule has 0 aliphatic carbocycles. The molecule has 15 heteroatoms. The average Bonchev–Trinajstić information content (AvgIpc) is 3.65. The summed E-state index contributed by atoms with van der Waals surface area (Å²) in [7, 11) is 1.28. The molecular formula is C29H25BrF2N6O5S. The number of hydrogen-bond acceptors (Lipinski definition) is 9. The van der Waals surface area contributed by atoms with E-state index in [2.05, 4.69) is 31.1 Å². The number of aliphatic imine (C=N–C) groups is 1. The number of hydrogen-bond donors (Lipinski definition) is 2. The van der Waals surface area contributed by atoms with Gasteiger partial charge in [-0.15, -0.1) is 11.3 Å². The lowest BCUT2D eigenvalue weighted by atomic mass is 9.95. The number of carboxylic acid groups (broad SMARTS) is 1. The summed E-state index contributed by atoms with van der Waals surface area (Å²) in [6.07, 6.45) is 1.65. The Morgan fingerprint density at radius 1 is 1.18 bits per heavy atom. The van der Waals surface area contributed by atoms with Crippen LogP contribution in [0, 0.1) is 11.6 Å². The second-order valence-corrected chi connectivity index (χ2v) is 12.1.